The van der Waals surface area contributed by atoms with E-state index in [-0.39, 0.29) is 0 Å². The van der Waals surface area contributed by atoms with Gasteiger partial charge in [0.15, 0.2) is 0 Å². The lowest BCUT2D eigenvalue weighted by molar-refractivity contribution is 0.522. The van der Waals surface area contributed by atoms with Crippen molar-refractivity contribution >= 4 is 58.3 Å². The highest BCUT2D eigenvalue weighted by Crippen LogP contribution is 2.36. The molecule has 3 aliphatic rings. The lowest BCUT2D eigenvalue weighted by Crippen LogP contribution is -2.30. The molecule has 5 aromatic rings. The van der Waals surface area contributed by atoms with Crippen LogP contribution in [0, 0.1) is 5.92 Å². The van der Waals surface area contributed by atoms with Gasteiger partial charge < -0.3 is 0 Å². The highest BCUT2D eigenvalue weighted by atomic mass is 79.9. The second-order valence-corrected chi connectivity index (χ2v) is 16.3. The van der Waals surface area contributed by atoms with Crippen molar-refractivity contribution in [3.8, 4) is 0 Å². The van der Waals surface area contributed by atoms with Crippen molar-refractivity contribution in [3.05, 3.63) is 130 Å². The van der Waals surface area contributed by atoms with Crippen LogP contribution in [-0.4, -0.2) is 0 Å². The van der Waals surface area contributed by atoms with Crippen LogP contribution < -0.4 is 10.4 Å². The van der Waals surface area contributed by atoms with Crippen LogP contribution >= 0.6 is 15.9 Å². The normalized spacial score (nSPS) is 17.7. The molecule has 2 unspecified atom stereocenters. The minimum absolute atomic E-state index is 0.570. The number of allylic oxidation sites excluding steroid dienone is 6. The van der Waals surface area contributed by atoms with E-state index in [9.17, 15) is 0 Å². The van der Waals surface area contributed by atoms with E-state index in [1.807, 2.05) is 0 Å². The number of fused-ring (bicyclic) bond motifs is 4. The van der Waals surface area contributed by atoms with Gasteiger partial charge in [0, 0.05) is 10.4 Å². The second-order valence-electron chi connectivity index (χ2n) is 15.4. The van der Waals surface area contributed by atoms with Crippen molar-refractivity contribution in [2.45, 2.75) is 122 Å². The summed E-state index contributed by atoms with van der Waals surface area (Å²) in [5.74, 6) is 1.29. The molecule has 0 nitrogen and oxygen atoms in total. The fourth-order valence-corrected chi connectivity index (χ4v) is 9.58. The van der Waals surface area contributed by atoms with E-state index in [4.69, 9.17) is 0 Å². The van der Waals surface area contributed by atoms with Gasteiger partial charge >= 0.3 is 0 Å². The second kappa shape index (κ2) is 17.4. The third kappa shape index (κ3) is 8.15. The van der Waals surface area contributed by atoms with Crippen LogP contribution in [0.5, 0.6) is 0 Å². The first kappa shape index (κ1) is 36.0. The smallest absolute Gasteiger partial charge is 0.0247 e. The van der Waals surface area contributed by atoms with Crippen LogP contribution in [0.3, 0.4) is 0 Å². The lowest BCUT2D eigenvalue weighted by Gasteiger charge is -2.28. The first-order valence-corrected chi connectivity index (χ1v) is 21.2. The van der Waals surface area contributed by atoms with Crippen LogP contribution in [0.4, 0.5) is 0 Å². The first-order valence-electron chi connectivity index (χ1n) is 20.4. The summed E-state index contributed by atoms with van der Waals surface area (Å²) in [4.78, 5) is 0. The molecule has 1 heteroatoms. The van der Waals surface area contributed by atoms with Crippen LogP contribution in [0.2, 0.25) is 0 Å². The molecule has 51 heavy (non-hydrogen) atoms. The summed E-state index contributed by atoms with van der Waals surface area (Å²) in [6.45, 7) is 4.61. The van der Waals surface area contributed by atoms with Crippen LogP contribution in [0.1, 0.15) is 127 Å². The van der Waals surface area contributed by atoms with Crippen molar-refractivity contribution in [1.82, 2.24) is 0 Å². The van der Waals surface area contributed by atoms with Gasteiger partial charge in [0.25, 0.3) is 0 Å². The fourth-order valence-electron chi connectivity index (χ4n) is 9.08. The minimum Gasteiger partial charge on any atom is -0.0805 e. The molecule has 8 rings (SSSR count). The van der Waals surface area contributed by atoms with Gasteiger partial charge in [0.2, 0.25) is 0 Å². The third-order valence-corrected chi connectivity index (χ3v) is 12.6. The average Bonchev–Trinajstić information content (AvgIpc) is 3.17. The van der Waals surface area contributed by atoms with Crippen molar-refractivity contribution in [3.63, 3.8) is 0 Å². The molecule has 0 spiro atoms. The summed E-state index contributed by atoms with van der Waals surface area (Å²) in [6, 6.07) is 26.7. The number of benzene rings is 5. The molecular formula is C50H57Br. The molecule has 264 valence electrons. The van der Waals surface area contributed by atoms with E-state index in [1.54, 1.807) is 21.9 Å². The molecule has 0 aliphatic heterocycles. The summed E-state index contributed by atoms with van der Waals surface area (Å²) < 4.78 is 1.26. The molecule has 0 aromatic heterocycles. The van der Waals surface area contributed by atoms with Crippen molar-refractivity contribution in [2.75, 3.05) is 0 Å². The van der Waals surface area contributed by atoms with E-state index in [0.717, 1.165) is 6.42 Å². The maximum Gasteiger partial charge on any atom is 0.0247 e. The van der Waals surface area contributed by atoms with Gasteiger partial charge in [0.05, 0.1) is 0 Å². The summed E-state index contributed by atoms with van der Waals surface area (Å²) in [5.41, 5.74) is 6.36. The average molecular weight is 738 g/mol. The standard InChI is InChI=1S/C34H47Br.C16H10/c1-3-5-7-9-11-13-15-26-17-18-27-19-21-30-29(32(27)25-26)22-23-31-33(35)24-20-28(34(30)31)16-14-12-10-8-6-4-2;1-3-11-7-9-13-5-2-6-14-10-8-12(4-1)15(11)16(13)14/h17-20,22-24,26,28H,3-16,21,25H2,1-2H3;1-10H. The van der Waals surface area contributed by atoms with Gasteiger partial charge in [-0.1, -0.05) is 210 Å². The van der Waals surface area contributed by atoms with Crippen molar-refractivity contribution < 1.29 is 0 Å². The Balaban J connectivity index is 0.000000208. The minimum atomic E-state index is 0.570. The zero-order valence-corrected chi connectivity index (χ0v) is 32.7. The Kier molecular flexibility index (Phi) is 12.3. The molecule has 0 fully saturated rings. The Labute approximate surface area is 315 Å². The predicted molar refractivity (Wildman–Crippen MR) is 228 cm³/mol. The summed E-state index contributed by atoms with van der Waals surface area (Å²) in [6.07, 6.45) is 33.8. The highest BCUT2D eigenvalue weighted by molar-refractivity contribution is 9.15. The zero-order chi connectivity index (χ0) is 35.0. The van der Waals surface area contributed by atoms with Gasteiger partial charge in [-0.15, -0.1) is 0 Å². The van der Waals surface area contributed by atoms with Crippen LogP contribution in [-0.2, 0) is 6.42 Å². The Morgan fingerprint density at radius 2 is 1.12 bits per heavy atom. The molecule has 3 aliphatic carbocycles. The number of unbranched alkanes of at least 4 members (excludes halogenated alkanes) is 10. The highest BCUT2D eigenvalue weighted by Gasteiger charge is 2.24. The van der Waals surface area contributed by atoms with E-state index < -0.39 is 0 Å². The third-order valence-electron chi connectivity index (χ3n) is 11.9. The molecular weight excluding hydrogens is 680 g/mol. The van der Waals surface area contributed by atoms with Crippen molar-refractivity contribution in [1.29, 1.82) is 0 Å². The Bertz CT molecular complexity index is 2030. The molecule has 0 amide bonds. The maximum atomic E-state index is 3.88. The summed E-state index contributed by atoms with van der Waals surface area (Å²) in [7, 11) is 0. The molecule has 0 N–H and O–H groups in total. The number of rotatable bonds is 14. The van der Waals surface area contributed by atoms with E-state index in [2.05, 4.69) is 133 Å². The van der Waals surface area contributed by atoms with Gasteiger partial charge in [-0.25, -0.2) is 0 Å². The quantitative estimate of drug-likeness (QED) is 0.0786. The van der Waals surface area contributed by atoms with Crippen LogP contribution in [0.25, 0.3) is 42.4 Å². The molecule has 0 saturated carbocycles. The predicted octanol–water partition coefficient (Wildman–Crippen LogP) is 14.1. The molecule has 2 atom stereocenters. The Morgan fingerprint density at radius 1 is 0.569 bits per heavy atom. The number of hydrogen-bond acceptors (Lipinski definition) is 0. The molecule has 0 heterocycles. The van der Waals surface area contributed by atoms with E-state index in [1.165, 1.54) is 144 Å². The SMILES string of the molecule is CCCCCCCCC1C=CC2=CCc3c4c(ccc3=C2C1)=C(Br)C=CC4CCCCCCCC.c1cc2ccc3cccc4ccc(c1)c2c34. The summed E-state index contributed by atoms with van der Waals surface area (Å²) in [5, 5.41) is 11.1. The maximum absolute atomic E-state index is 3.88. The van der Waals surface area contributed by atoms with E-state index in [0.29, 0.717) is 11.8 Å². The van der Waals surface area contributed by atoms with Gasteiger partial charge in [-0.05, 0) is 96.6 Å². The lowest BCUT2D eigenvalue weighted by atomic mass is 9.77. The van der Waals surface area contributed by atoms with Gasteiger partial charge in [0.1, 0.15) is 0 Å². The topological polar surface area (TPSA) is 0 Å². The first-order chi connectivity index (χ1) is 25.2. The monoisotopic (exact) mass is 736 g/mol. The Hall–Kier alpha value is -3.42. The molecule has 5 aromatic carbocycles. The van der Waals surface area contributed by atoms with Crippen LogP contribution in [0.15, 0.2) is 109 Å². The fraction of sp³-hybridized carbons (Fsp3) is 0.400. The van der Waals surface area contributed by atoms with E-state index >= 15 is 0 Å². The molecule has 0 saturated heterocycles. The van der Waals surface area contributed by atoms with Crippen molar-refractivity contribution in [2.24, 2.45) is 5.92 Å². The Morgan fingerprint density at radius 3 is 1.73 bits per heavy atom. The number of halogens is 1. The largest absolute Gasteiger partial charge is 0.0805 e. The van der Waals surface area contributed by atoms with Gasteiger partial charge in [-0.2, -0.15) is 0 Å². The molecule has 0 bridgehead atoms. The molecule has 0 radical (unpaired) electrons. The number of hydrogen-bond donors (Lipinski definition) is 0. The summed E-state index contributed by atoms with van der Waals surface area (Å²) >= 11 is 3.88. The zero-order valence-electron chi connectivity index (χ0n) is 31.2. The van der Waals surface area contributed by atoms with Gasteiger partial charge in [-0.3, -0.25) is 0 Å².